The molecule has 0 saturated heterocycles. The van der Waals surface area contributed by atoms with Crippen LogP contribution >= 0.6 is 0 Å². The zero-order valence-corrected chi connectivity index (χ0v) is 19.1. The van der Waals surface area contributed by atoms with Gasteiger partial charge in [-0.1, -0.05) is 83.8 Å². The van der Waals surface area contributed by atoms with Gasteiger partial charge in [0.25, 0.3) is 0 Å². The predicted molar refractivity (Wildman–Crippen MR) is 122 cm³/mol. The molecule has 2 aliphatic carbocycles. The average Bonchev–Trinajstić information content (AvgIpc) is 2.74. The van der Waals surface area contributed by atoms with E-state index in [2.05, 4.69) is 32.1 Å². The van der Waals surface area contributed by atoms with E-state index in [0.29, 0.717) is 0 Å². The van der Waals surface area contributed by atoms with Gasteiger partial charge in [-0.15, -0.1) is 0 Å². The van der Waals surface area contributed by atoms with Crippen molar-refractivity contribution in [3.63, 3.8) is 0 Å². The number of rotatable bonds is 12. The van der Waals surface area contributed by atoms with Crippen molar-refractivity contribution >= 4 is 0 Å². The van der Waals surface area contributed by atoms with Crippen molar-refractivity contribution in [3.05, 3.63) is 12.2 Å². The van der Waals surface area contributed by atoms with Crippen LogP contribution in [0.25, 0.3) is 0 Å². The molecule has 28 heavy (non-hydrogen) atoms. The van der Waals surface area contributed by atoms with Crippen LogP contribution in [0, 0.1) is 34.5 Å². The monoisotopic (exact) mass is 385 g/mol. The SMILES string of the molecule is CCC/C=C\CCC1(C#N)CCC(C2CCC(CCCCCCC)CC2)CC1. The van der Waals surface area contributed by atoms with Gasteiger partial charge in [-0.05, 0) is 75.5 Å². The molecule has 1 heteroatoms. The molecular weight excluding hydrogens is 338 g/mol. The van der Waals surface area contributed by atoms with E-state index >= 15 is 0 Å². The van der Waals surface area contributed by atoms with Crippen LogP contribution in [0.2, 0.25) is 0 Å². The van der Waals surface area contributed by atoms with E-state index in [1.165, 1.54) is 89.9 Å². The molecule has 0 unspecified atom stereocenters. The molecule has 160 valence electrons. The summed E-state index contributed by atoms with van der Waals surface area (Å²) in [5, 5.41) is 9.84. The van der Waals surface area contributed by atoms with E-state index in [1.54, 1.807) is 0 Å². The van der Waals surface area contributed by atoms with Crippen LogP contribution in [0.15, 0.2) is 12.2 Å². The number of unbranched alkanes of at least 4 members (excludes halogenated alkanes) is 5. The maximum atomic E-state index is 9.84. The number of nitriles is 1. The van der Waals surface area contributed by atoms with Gasteiger partial charge >= 0.3 is 0 Å². The molecule has 0 N–H and O–H groups in total. The summed E-state index contributed by atoms with van der Waals surface area (Å²) in [6.45, 7) is 4.53. The summed E-state index contributed by atoms with van der Waals surface area (Å²) < 4.78 is 0. The van der Waals surface area contributed by atoms with Crippen LogP contribution in [0.5, 0.6) is 0 Å². The lowest BCUT2D eigenvalue weighted by Crippen LogP contribution is -2.31. The van der Waals surface area contributed by atoms with Crippen LogP contribution in [0.3, 0.4) is 0 Å². The Morgan fingerprint density at radius 2 is 1.43 bits per heavy atom. The molecule has 2 aliphatic rings. The number of hydrogen-bond acceptors (Lipinski definition) is 1. The van der Waals surface area contributed by atoms with Crippen molar-refractivity contribution in [2.24, 2.45) is 23.2 Å². The first-order chi connectivity index (χ1) is 13.7. The Morgan fingerprint density at radius 1 is 0.786 bits per heavy atom. The average molecular weight is 386 g/mol. The number of hydrogen-bond donors (Lipinski definition) is 0. The molecule has 0 amide bonds. The van der Waals surface area contributed by atoms with Gasteiger partial charge in [0.1, 0.15) is 0 Å². The van der Waals surface area contributed by atoms with Gasteiger partial charge in [-0.3, -0.25) is 0 Å². The fourth-order valence-corrected chi connectivity index (χ4v) is 5.83. The largest absolute Gasteiger partial charge is 0.198 e. The highest BCUT2D eigenvalue weighted by Gasteiger charge is 2.38. The molecule has 1 nitrogen and oxygen atoms in total. The highest BCUT2D eigenvalue weighted by molar-refractivity contribution is 5.03. The molecule has 0 atom stereocenters. The molecule has 0 aromatic carbocycles. The summed E-state index contributed by atoms with van der Waals surface area (Å²) >= 11 is 0. The van der Waals surface area contributed by atoms with Gasteiger partial charge in [-0.25, -0.2) is 0 Å². The topological polar surface area (TPSA) is 23.8 Å². The summed E-state index contributed by atoms with van der Waals surface area (Å²) in [7, 11) is 0. The summed E-state index contributed by atoms with van der Waals surface area (Å²) in [6, 6.07) is 2.74. The van der Waals surface area contributed by atoms with Gasteiger partial charge in [0.15, 0.2) is 0 Å². The third-order valence-corrected chi connectivity index (χ3v) is 7.91. The molecule has 0 bridgehead atoms. The number of allylic oxidation sites excluding steroid dienone is 2. The molecule has 0 aromatic heterocycles. The van der Waals surface area contributed by atoms with Gasteiger partial charge in [0.05, 0.1) is 11.5 Å². The molecular formula is C27H47N. The first-order valence-corrected chi connectivity index (χ1v) is 12.8. The van der Waals surface area contributed by atoms with E-state index < -0.39 is 0 Å². The van der Waals surface area contributed by atoms with E-state index in [-0.39, 0.29) is 5.41 Å². The Hall–Kier alpha value is -0.770. The minimum Gasteiger partial charge on any atom is -0.198 e. The molecule has 0 heterocycles. The van der Waals surface area contributed by atoms with Crippen molar-refractivity contribution < 1.29 is 0 Å². The van der Waals surface area contributed by atoms with E-state index in [1.807, 2.05) is 0 Å². The van der Waals surface area contributed by atoms with E-state index in [4.69, 9.17) is 0 Å². The highest BCUT2D eigenvalue weighted by Crippen LogP contribution is 2.47. The molecule has 0 radical (unpaired) electrons. The van der Waals surface area contributed by atoms with Crippen molar-refractivity contribution in [1.29, 1.82) is 5.26 Å². The second-order valence-corrected chi connectivity index (χ2v) is 10.0. The lowest BCUT2D eigenvalue weighted by Gasteiger charge is -2.40. The third kappa shape index (κ3) is 7.93. The first-order valence-electron chi connectivity index (χ1n) is 12.8. The quantitative estimate of drug-likeness (QED) is 0.243. The third-order valence-electron chi connectivity index (χ3n) is 7.91. The maximum Gasteiger partial charge on any atom is 0.0689 e. The van der Waals surface area contributed by atoms with Gasteiger partial charge in [0, 0.05) is 0 Å². The van der Waals surface area contributed by atoms with Crippen LogP contribution < -0.4 is 0 Å². The fourth-order valence-electron chi connectivity index (χ4n) is 5.83. The normalized spacial score (nSPS) is 31.1. The van der Waals surface area contributed by atoms with Crippen molar-refractivity contribution in [2.75, 3.05) is 0 Å². The Bertz CT molecular complexity index is 455. The molecule has 0 aliphatic heterocycles. The molecule has 2 rings (SSSR count). The summed E-state index contributed by atoms with van der Waals surface area (Å²) in [5.74, 6) is 2.91. The van der Waals surface area contributed by atoms with E-state index in [0.717, 1.165) is 43.4 Å². The molecule has 0 spiro atoms. The summed E-state index contributed by atoms with van der Waals surface area (Å²) in [6.07, 6.45) is 28.7. The van der Waals surface area contributed by atoms with Crippen molar-refractivity contribution in [2.45, 2.75) is 129 Å². The minimum absolute atomic E-state index is 0.0112. The van der Waals surface area contributed by atoms with Crippen molar-refractivity contribution in [3.8, 4) is 6.07 Å². The smallest absolute Gasteiger partial charge is 0.0689 e. The number of nitrogens with zero attached hydrogens (tertiary/aromatic N) is 1. The van der Waals surface area contributed by atoms with Crippen LogP contribution in [-0.2, 0) is 0 Å². The molecule has 2 saturated carbocycles. The second-order valence-electron chi connectivity index (χ2n) is 10.0. The summed E-state index contributed by atoms with van der Waals surface area (Å²) in [5.41, 5.74) is -0.0112. The van der Waals surface area contributed by atoms with Gasteiger partial charge < -0.3 is 0 Å². The zero-order valence-electron chi connectivity index (χ0n) is 19.1. The lowest BCUT2D eigenvalue weighted by molar-refractivity contribution is 0.116. The molecule has 2 fully saturated rings. The Kier molecular flexibility index (Phi) is 11.3. The minimum atomic E-state index is -0.0112. The van der Waals surface area contributed by atoms with E-state index in [9.17, 15) is 5.26 Å². The Labute approximate surface area is 176 Å². The Morgan fingerprint density at radius 3 is 2.07 bits per heavy atom. The maximum absolute atomic E-state index is 9.84. The summed E-state index contributed by atoms with van der Waals surface area (Å²) in [4.78, 5) is 0. The standard InChI is InChI=1S/C27H47N/c1-3-5-7-9-11-13-24-14-16-25(17-15-24)26-18-21-27(23-28,22-19-26)20-12-10-8-6-4-2/h8,10,24-26H,3-7,9,11-22H2,1-2H3/b10-8-. The van der Waals surface area contributed by atoms with Crippen LogP contribution in [-0.4, -0.2) is 0 Å². The van der Waals surface area contributed by atoms with Gasteiger partial charge in [0.2, 0.25) is 0 Å². The van der Waals surface area contributed by atoms with Crippen LogP contribution in [0.4, 0.5) is 0 Å². The van der Waals surface area contributed by atoms with Gasteiger partial charge in [-0.2, -0.15) is 5.26 Å². The predicted octanol–water partition coefficient (Wildman–Crippen LogP) is 8.99. The van der Waals surface area contributed by atoms with Crippen molar-refractivity contribution in [1.82, 2.24) is 0 Å². The lowest BCUT2D eigenvalue weighted by atomic mass is 9.63. The highest BCUT2D eigenvalue weighted by atomic mass is 14.4. The second kappa shape index (κ2) is 13.5. The molecule has 0 aromatic rings. The first kappa shape index (κ1) is 23.5. The van der Waals surface area contributed by atoms with Crippen LogP contribution in [0.1, 0.15) is 129 Å². The zero-order chi connectivity index (χ0) is 20.1. The fraction of sp³-hybridized carbons (Fsp3) is 0.889. The Balaban J connectivity index is 1.64.